The van der Waals surface area contributed by atoms with E-state index in [1.807, 2.05) is 24.3 Å². The molecule has 1 aromatic carbocycles. The minimum Gasteiger partial charge on any atom is -0.451 e. The maximum absolute atomic E-state index is 13.0. The molecule has 2 rings (SSSR count). The predicted molar refractivity (Wildman–Crippen MR) is 79.9 cm³/mol. The molecule has 0 saturated heterocycles. The Hall–Kier alpha value is -2.21. The summed E-state index contributed by atoms with van der Waals surface area (Å²) in [5.41, 5.74) is 6.92. The monoisotopic (exact) mass is 308 g/mol. The quantitative estimate of drug-likeness (QED) is 0.862. The molecule has 0 aliphatic heterocycles. The zero-order chi connectivity index (χ0) is 16.2. The third kappa shape index (κ3) is 3.92. The molecule has 1 amide bonds. The van der Waals surface area contributed by atoms with E-state index in [-0.39, 0.29) is 5.76 Å². The minimum atomic E-state index is -3.12. The topological polar surface area (TPSA) is 68.3 Å². The van der Waals surface area contributed by atoms with Crippen molar-refractivity contribution in [2.45, 2.75) is 19.3 Å². The van der Waals surface area contributed by atoms with E-state index >= 15 is 0 Å². The molecule has 0 unspecified atom stereocenters. The standard InChI is InChI=1S/C16H18F2N2O2/c1-2-11-3-5-12(6-4-11)13-7-8-14(22-13)15(21)20-10-16(17,18)9-19/h3-8H,2,9-10,19H2,1H3,(H,20,21). The molecule has 3 N–H and O–H groups in total. The Morgan fingerprint density at radius 3 is 2.50 bits per heavy atom. The Labute approximate surface area is 127 Å². The lowest BCUT2D eigenvalue weighted by Crippen LogP contribution is -2.41. The lowest BCUT2D eigenvalue weighted by Gasteiger charge is -2.13. The first-order valence-electron chi connectivity index (χ1n) is 7.00. The van der Waals surface area contributed by atoms with Crippen LogP contribution in [0.3, 0.4) is 0 Å². The van der Waals surface area contributed by atoms with Crippen molar-refractivity contribution in [1.82, 2.24) is 5.32 Å². The van der Waals surface area contributed by atoms with Gasteiger partial charge in [0.2, 0.25) is 0 Å². The van der Waals surface area contributed by atoms with Crippen LogP contribution in [0.2, 0.25) is 0 Å². The summed E-state index contributed by atoms with van der Waals surface area (Å²) in [6, 6.07) is 10.8. The smallest absolute Gasteiger partial charge is 0.287 e. The maximum Gasteiger partial charge on any atom is 0.287 e. The number of halogens is 2. The number of nitrogens with two attached hydrogens (primary N) is 1. The number of alkyl halides is 2. The lowest BCUT2D eigenvalue weighted by atomic mass is 10.1. The van der Waals surface area contributed by atoms with Crippen LogP contribution in [0.5, 0.6) is 0 Å². The molecule has 0 atom stereocenters. The molecule has 0 aliphatic carbocycles. The van der Waals surface area contributed by atoms with Crippen molar-refractivity contribution in [2.75, 3.05) is 13.1 Å². The first kappa shape index (κ1) is 16.2. The van der Waals surface area contributed by atoms with Crippen LogP contribution in [0.4, 0.5) is 8.78 Å². The van der Waals surface area contributed by atoms with Crippen LogP contribution < -0.4 is 11.1 Å². The van der Waals surface area contributed by atoms with Gasteiger partial charge in [0.1, 0.15) is 5.76 Å². The van der Waals surface area contributed by atoms with Crippen LogP contribution in [0, 0.1) is 0 Å². The number of carbonyl (C=O) groups excluding carboxylic acids is 1. The summed E-state index contributed by atoms with van der Waals surface area (Å²) in [6.45, 7) is 0.422. The summed E-state index contributed by atoms with van der Waals surface area (Å²) in [4.78, 5) is 11.8. The van der Waals surface area contributed by atoms with Crippen LogP contribution in [0.15, 0.2) is 40.8 Å². The lowest BCUT2D eigenvalue weighted by molar-refractivity contribution is 0.0116. The molecule has 0 fully saturated rings. The van der Waals surface area contributed by atoms with Crippen LogP contribution >= 0.6 is 0 Å². The molecule has 0 bridgehead atoms. The number of furan rings is 1. The molecular formula is C16H18F2N2O2. The van der Waals surface area contributed by atoms with Gasteiger partial charge < -0.3 is 15.5 Å². The first-order chi connectivity index (χ1) is 10.4. The van der Waals surface area contributed by atoms with Crippen molar-refractivity contribution in [3.8, 4) is 11.3 Å². The second-order valence-corrected chi connectivity index (χ2v) is 4.96. The van der Waals surface area contributed by atoms with Crippen molar-refractivity contribution in [3.05, 3.63) is 47.7 Å². The first-order valence-corrected chi connectivity index (χ1v) is 7.00. The Balaban J connectivity index is 2.05. The van der Waals surface area contributed by atoms with Crippen molar-refractivity contribution in [3.63, 3.8) is 0 Å². The minimum absolute atomic E-state index is 0.0117. The van der Waals surface area contributed by atoms with Gasteiger partial charge in [-0.25, -0.2) is 8.78 Å². The van der Waals surface area contributed by atoms with Crippen LogP contribution in [0.1, 0.15) is 23.0 Å². The maximum atomic E-state index is 13.0. The van der Waals surface area contributed by atoms with Gasteiger partial charge in [-0.3, -0.25) is 4.79 Å². The number of amides is 1. The highest BCUT2D eigenvalue weighted by Crippen LogP contribution is 2.23. The molecule has 0 spiro atoms. The van der Waals surface area contributed by atoms with Gasteiger partial charge in [0, 0.05) is 5.56 Å². The summed E-state index contributed by atoms with van der Waals surface area (Å²) in [5.74, 6) is -3.31. The second kappa shape index (κ2) is 6.70. The third-order valence-corrected chi connectivity index (χ3v) is 3.28. The largest absolute Gasteiger partial charge is 0.451 e. The molecule has 4 nitrogen and oxygen atoms in total. The van der Waals surface area contributed by atoms with Gasteiger partial charge in [0.05, 0.1) is 13.1 Å². The molecule has 1 heterocycles. The molecular weight excluding hydrogens is 290 g/mol. The third-order valence-electron chi connectivity index (χ3n) is 3.28. The molecule has 0 radical (unpaired) electrons. The number of carbonyl (C=O) groups is 1. The molecule has 6 heteroatoms. The summed E-state index contributed by atoms with van der Waals surface area (Å²) in [7, 11) is 0. The number of rotatable bonds is 6. The molecule has 22 heavy (non-hydrogen) atoms. The van der Waals surface area contributed by atoms with Crippen LogP contribution in [-0.4, -0.2) is 24.9 Å². The summed E-state index contributed by atoms with van der Waals surface area (Å²) >= 11 is 0. The van der Waals surface area contributed by atoms with Gasteiger partial charge in [0.15, 0.2) is 5.76 Å². The fraction of sp³-hybridized carbons (Fsp3) is 0.312. The highest BCUT2D eigenvalue weighted by Gasteiger charge is 2.27. The average Bonchev–Trinajstić information content (AvgIpc) is 3.03. The number of hydrogen-bond acceptors (Lipinski definition) is 3. The van der Waals surface area contributed by atoms with E-state index in [1.165, 1.54) is 11.6 Å². The molecule has 0 saturated carbocycles. The predicted octanol–water partition coefficient (Wildman–Crippen LogP) is 2.83. The highest BCUT2D eigenvalue weighted by molar-refractivity contribution is 5.92. The molecule has 1 aromatic heterocycles. The second-order valence-electron chi connectivity index (χ2n) is 4.96. The van der Waals surface area contributed by atoms with Gasteiger partial charge in [-0.15, -0.1) is 0 Å². The van der Waals surface area contributed by atoms with Gasteiger partial charge in [-0.1, -0.05) is 31.2 Å². The summed E-state index contributed by atoms with van der Waals surface area (Å²) in [6.07, 6.45) is 0.932. The van der Waals surface area contributed by atoms with E-state index in [1.54, 1.807) is 6.07 Å². The van der Waals surface area contributed by atoms with Crippen molar-refractivity contribution in [1.29, 1.82) is 0 Å². The molecule has 2 aromatic rings. The fourth-order valence-electron chi connectivity index (χ4n) is 1.89. The van der Waals surface area contributed by atoms with E-state index in [0.717, 1.165) is 12.0 Å². The Morgan fingerprint density at radius 2 is 1.91 bits per heavy atom. The summed E-state index contributed by atoms with van der Waals surface area (Å²) < 4.78 is 31.4. The number of hydrogen-bond donors (Lipinski definition) is 2. The number of nitrogens with one attached hydrogen (secondary N) is 1. The van der Waals surface area contributed by atoms with Crippen molar-refractivity contribution < 1.29 is 18.0 Å². The molecule has 0 aliphatic rings. The Morgan fingerprint density at radius 1 is 1.23 bits per heavy atom. The van der Waals surface area contributed by atoms with Gasteiger partial charge in [0.25, 0.3) is 11.8 Å². The fourth-order valence-corrected chi connectivity index (χ4v) is 1.89. The normalized spacial score (nSPS) is 11.5. The van der Waals surface area contributed by atoms with Crippen LogP contribution in [-0.2, 0) is 6.42 Å². The van der Waals surface area contributed by atoms with Gasteiger partial charge in [-0.2, -0.15) is 0 Å². The van der Waals surface area contributed by atoms with E-state index in [2.05, 4.69) is 12.2 Å². The molecule has 118 valence electrons. The van der Waals surface area contributed by atoms with E-state index in [9.17, 15) is 13.6 Å². The van der Waals surface area contributed by atoms with Crippen LogP contribution in [0.25, 0.3) is 11.3 Å². The zero-order valence-corrected chi connectivity index (χ0v) is 12.2. The Kier molecular flexibility index (Phi) is 4.92. The summed E-state index contributed by atoms with van der Waals surface area (Å²) in [5, 5.41) is 2.11. The average molecular weight is 308 g/mol. The van der Waals surface area contributed by atoms with E-state index < -0.39 is 24.9 Å². The SMILES string of the molecule is CCc1ccc(-c2ccc(C(=O)NCC(F)(F)CN)o2)cc1. The van der Waals surface area contributed by atoms with E-state index in [0.29, 0.717) is 5.76 Å². The number of aryl methyl sites for hydroxylation is 1. The van der Waals surface area contributed by atoms with Crippen molar-refractivity contribution in [2.24, 2.45) is 5.73 Å². The van der Waals surface area contributed by atoms with E-state index in [4.69, 9.17) is 10.2 Å². The van der Waals surface area contributed by atoms with Gasteiger partial charge in [-0.05, 0) is 24.1 Å². The zero-order valence-electron chi connectivity index (χ0n) is 12.2. The Bertz CT molecular complexity index is 636. The highest BCUT2D eigenvalue weighted by atomic mass is 19.3. The number of benzene rings is 1. The van der Waals surface area contributed by atoms with Gasteiger partial charge >= 0.3 is 0 Å². The van der Waals surface area contributed by atoms with Crippen molar-refractivity contribution >= 4 is 5.91 Å².